The minimum absolute atomic E-state index is 0.0571. The van der Waals surface area contributed by atoms with Crippen molar-refractivity contribution in [2.75, 3.05) is 24.6 Å². The summed E-state index contributed by atoms with van der Waals surface area (Å²) in [6, 6.07) is 0.328. The Morgan fingerprint density at radius 3 is 2.48 bits per heavy atom. The molecule has 0 aromatic rings. The van der Waals surface area contributed by atoms with Crippen molar-refractivity contribution < 1.29 is 9.90 Å². The maximum absolute atomic E-state index is 12.8. The van der Waals surface area contributed by atoms with Gasteiger partial charge in [-0.15, -0.1) is 0 Å². The van der Waals surface area contributed by atoms with Crippen LogP contribution >= 0.6 is 11.8 Å². The highest BCUT2D eigenvalue weighted by Crippen LogP contribution is 2.22. The molecule has 1 heterocycles. The number of carbonyl (C=O) groups is 1. The van der Waals surface area contributed by atoms with Crippen molar-refractivity contribution in [3.63, 3.8) is 0 Å². The zero-order chi connectivity index (χ0) is 15.2. The zero-order valence-corrected chi connectivity index (χ0v) is 14.2. The van der Waals surface area contributed by atoms with Gasteiger partial charge in [-0.1, -0.05) is 20.3 Å². The van der Waals surface area contributed by atoms with Crippen LogP contribution < -0.4 is 5.32 Å². The number of nitrogens with one attached hydrogen (secondary N) is 1. The van der Waals surface area contributed by atoms with E-state index >= 15 is 0 Å². The Hall–Kier alpha value is -0.260. The van der Waals surface area contributed by atoms with E-state index < -0.39 is 0 Å². The van der Waals surface area contributed by atoms with Gasteiger partial charge in [0.1, 0.15) is 0 Å². The number of aliphatic hydroxyl groups excluding tert-OH is 1. The Labute approximate surface area is 133 Å². The molecule has 1 aliphatic carbocycles. The highest BCUT2D eigenvalue weighted by Gasteiger charge is 2.32. The second-order valence-corrected chi connectivity index (χ2v) is 7.70. The minimum Gasteiger partial charge on any atom is -0.393 e. The van der Waals surface area contributed by atoms with Crippen LogP contribution in [0.5, 0.6) is 0 Å². The van der Waals surface area contributed by atoms with Crippen LogP contribution in [-0.2, 0) is 4.79 Å². The molecule has 2 fully saturated rings. The van der Waals surface area contributed by atoms with E-state index in [-0.39, 0.29) is 18.1 Å². The van der Waals surface area contributed by atoms with Crippen molar-refractivity contribution in [3.8, 4) is 0 Å². The summed E-state index contributed by atoms with van der Waals surface area (Å²) in [6.07, 6.45) is 4.56. The Morgan fingerprint density at radius 2 is 1.90 bits per heavy atom. The SMILES string of the molecule is CC[C@@H](C)[C@H](NC1CCC(O)CC1)C(=O)N1CCSCC1. The fourth-order valence-corrected chi connectivity index (χ4v) is 4.09. The van der Waals surface area contributed by atoms with Gasteiger partial charge >= 0.3 is 0 Å². The molecule has 0 radical (unpaired) electrons. The van der Waals surface area contributed by atoms with E-state index in [1.54, 1.807) is 0 Å². The van der Waals surface area contributed by atoms with Crippen molar-refractivity contribution >= 4 is 17.7 Å². The molecule has 2 rings (SSSR count). The van der Waals surface area contributed by atoms with Crippen LogP contribution in [0.15, 0.2) is 0 Å². The number of hydrogen-bond donors (Lipinski definition) is 2. The number of rotatable bonds is 5. The summed E-state index contributed by atoms with van der Waals surface area (Å²) in [5.74, 6) is 2.78. The van der Waals surface area contributed by atoms with Crippen molar-refractivity contribution in [1.82, 2.24) is 10.2 Å². The predicted molar refractivity (Wildman–Crippen MR) is 88.5 cm³/mol. The molecule has 0 unspecified atom stereocenters. The van der Waals surface area contributed by atoms with Gasteiger partial charge in [0, 0.05) is 30.6 Å². The molecule has 1 saturated carbocycles. The monoisotopic (exact) mass is 314 g/mol. The minimum atomic E-state index is -0.139. The first-order valence-corrected chi connectivity index (χ1v) is 9.58. The van der Waals surface area contributed by atoms with Crippen LogP contribution in [0.2, 0.25) is 0 Å². The van der Waals surface area contributed by atoms with Gasteiger partial charge < -0.3 is 15.3 Å². The lowest BCUT2D eigenvalue weighted by molar-refractivity contribution is -0.134. The lowest BCUT2D eigenvalue weighted by atomic mass is 9.90. The third kappa shape index (κ3) is 4.86. The highest BCUT2D eigenvalue weighted by molar-refractivity contribution is 7.99. The largest absolute Gasteiger partial charge is 0.393 e. The maximum atomic E-state index is 12.8. The van der Waals surface area contributed by atoms with Crippen LogP contribution in [0.1, 0.15) is 46.0 Å². The molecule has 4 nitrogen and oxygen atoms in total. The van der Waals surface area contributed by atoms with E-state index in [1.807, 2.05) is 16.7 Å². The lowest BCUT2D eigenvalue weighted by Gasteiger charge is -2.36. The zero-order valence-electron chi connectivity index (χ0n) is 13.4. The summed E-state index contributed by atoms with van der Waals surface area (Å²) in [4.78, 5) is 14.9. The van der Waals surface area contributed by atoms with Gasteiger partial charge in [-0.25, -0.2) is 0 Å². The van der Waals surface area contributed by atoms with E-state index in [0.29, 0.717) is 12.0 Å². The topological polar surface area (TPSA) is 52.6 Å². The second kappa shape index (κ2) is 8.39. The van der Waals surface area contributed by atoms with Gasteiger partial charge in [-0.05, 0) is 31.6 Å². The fraction of sp³-hybridized carbons (Fsp3) is 0.938. The lowest BCUT2D eigenvalue weighted by Crippen LogP contribution is -2.55. The molecule has 2 aliphatic rings. The van der Waals surface area contributed by atoms with E-state index in [0.717, 1.165) is 56.7 Å². The van der Waals surface area contributed by atoms with Crippen molar-refractivity contribution in [2.45, 2.75) is 64.1 Å². The number of nitrogens with zero attached hydrogens (tertiary/aromatic N) is 1. The smallest absolute Gasteiger partial charge is 0.240 e. The molecule has 2 N–H and O–H groups in total. The Bertz CT molecular complexity index is 326. The van der Waals surface area contributed by atoms with E-state index in [2.05, 4.69) is 19.2 Å². The molecule has 21 heavy (non-hydrogen) atoms. The molecule has 1 amide bonds. The first-order chi connectivity index (χ1) is 10.1. The third-order valence-electron chi connectivity index (χ3n) is 4.91. The maximum Gasteiger partial charge on any atom is 0.240 e. The molecule has 2 atom stereocenters. The Morgan fingerprint density at radius 1 is 1.29 bits per heavy atom. The molecular formula is C16H30N2O2S. The summed E-state index contributed by atoms with van der Waals surface area (Å²) in [5, 5.41) is 13.2. The highest BCUT2D eigenvalue weighted by atomic mass is 32.2. The standard InChI is InChI=1S/C16H30N2O2S/c1-3-12(2)15(16(20)18-8-10-21-11-9-18)17-13-4-6-14(19)7-5-13/h12-15,17,19H,3-11H2,1-2H3/t12-,13?,14?,15+/m1/s1. The summed E-state index contributed by atoms with van der Waals surface area (Å²) in [6.45, 7) is 6.11. The molecule has 1 saturated heterocycles. The van der Waals surface area contributed by atoms with E-state index in [9.17, 15) is 9.90 Å². The fourth-order valence-electron chi connectivity index (χ4n) is 3.19. The van der Waals surface area contributed by atoms with Crippen LogP contribution in [0.3, 0.4) is 0 Å². The van der Waals surface area contributed by atoms with Gasteiger partial charge in [-0.2, -0.15) is 11.8 Å². The first-order valence-electron chi connectivity index (χ1n) is 8.42. The van der Waals surface area contributed by atoms with Crippen molar-refractivity contribution in [1.29, 1.82) is 0 Å². The Balaban J connectivity index is 1.94. The van der Waals surface area contributed by atoms with E-state index in [1.165, 1.54) is 0 Å². The molecule has 1 aliphatic heterocycles. The molecular weight excluding hydrogens is 284 g/mol. The third-order valence-corrected chi connectivity index (χ3v) is 5.86. The number of thioether (sulfide) groups is 1. The van der Waals surface area contributed by atoms with Crippen LogP contribution in [0.25, 0.3) is 0 Å². The number of amides is 1. The molecule has 0 spiro atoms. The normalized spacial score (nSPS) is 30.0. The van der Waals surface area contributed by atoms with Gasteiger partial charge in [0.25, 0.3) is 0 Å². The van der Waals surface area contributed by atoms with Crippen LogP contribution in [0, 0.1) is 5.92 Å². The summed E-state index contributed by atoms with van der Waals surface area (Å²) in [5.41, 5.74) is 0. The van der Waals surface area contributed by atoms with Crippen LogP contribution in [-0.4, -0.2) is 58.7 Å². The molecule has 0 bridgehead atoms. The quantitative estimate of drug-likeness (QED) is 0.813. The van der Waals surface area contributed by atoms with Gasteiger partial charge in [0.2, 0.25) is 5.91 Å². The Kier molecular flexibility index (Phi) is 6.83. The van der Waals surface area contributed by atoms with Crippen molar-refractivity contribution in [3.05, 3.63) is 0 Å². The predicted octanol–water partition coefficient (Wildman–Crippen LogP) is 1.87. The molecule has 0 aromatic carbocycles. The summed E-state index contributed by atoms with van der Waals surface area (Å²) < 4.78 is 0. The van der Waals surface area contributed by atoms with Gasteiger partial charge in [0.15, 0.2) is 0 Å². The number of hydrogen-bond acceptors (Lipinski definition) is 4. The average molecular weight is 314 g/mol. The van der Waals surface area contributed by atoms with Crippen molar-refractivity contribution in [2.24, 2.45) is 5.92 Å². The second-order valence-electron chi connectivity index (χ2n) is 6.47. The molecule has 5 heteroatoms. The van der Waals surface area contributed by atoms with Gasteiger partial charge in [-0.3, -0.25) is 4.79 Å². The average Bonchev–Trinajstić information content (AvgIpc) is 2.54. The summed E-state index contributed by atoms with van der Waals surface area (Å²) >= 11 is 1.94. The molecule has 0 aromatic heterocycles. The first kappa shape index (κ1) is 17.1. The van der Waals surface area contributed by atoms with Gasteiger partial charge in [0.05, 0.1) is 12.1 Å². The number of aliphatic hydroxyl groups is 1. The summed E-state index contributed by atoms with van der Waals surface area (Å²) in [7, 11) is 0. The number of carbonyl (C=O) groups excluding carboxylic acids is 1. The van der Waals surface area contributed by atoms with Crippen LogP contribution in [0.4, 0.5) is 0 Å². The van der Waals surface area contributed by atoms with E-state index in [4.69, 9.17) is 0 Å². The molecule has 122 valence electrons.